The van der Waals surface area contributed by atoms with Crippen molar-refractivity contribution in [1.82, 2.24) is 0 Å². The van der Waals surface area contributed by atoms with E-state index in [1.807, 2.05) is 6.07 Å². The molecule has 2 aliphatic carbocycles. The summed E-state index contributed by atoms with van der Waals surface area (Å²) < 4.78 is 5.59. The SMILES string of the molecule is COC(=O)c1ccc2c(c1)C1CCC(I)C1C2. The number of carbonyl (C=O) groups excluding carboxylic acids is 1. The van der Waals surface area contributed by atoms with Gasteiger partial charge in [-0.1, -0.05) is 28.7 Å². The Morgan fingerprint density at radius 2 is 2.24 bits per heavy atom. The normalized spacial score (nSPS) is 29.9. The first-order valence-electron chi connectivity index (χ1n) is 6.06. The monoisotopic (exact) mass is 342 g/mol. The van der Waals surface area contributed by atoms with Gasteiger partial charge in [-0.15, -0.1) is 0 Å². The van der Waals surface area contributed by atoms with Crippen LogP contribution < -0.4 is 0 Å². The summed E-state index contributed by atoms with van der Waals surface area (Å²) in [6.45, 7) is 0. The van der Waals surface area contributed by atoms with Crippen LogP contribution in [0.25, 0.3) is 0 Å². The summed E-state index contributed by atoms with van der Waals surface area (Å²) in [5.41, 5.74) is 3.54. The van der Waals surface area contributed by atoms with Gasteiger partial charge in [-0.3, -0.25) is 0 Å². The first-order valence-corrected chi connectivity index (χ1v) is 7.30. The molecule has 3 heteroatoms. The van der Waals surface area contributed by atoms with Crippen LogP contribution in [0.4, 0.5) is 0 Å². The van der Waals surface area contributed by atoms with E-state index < -0.39 is 0 Å². The van der Waals surface area contributed by atoms with E-state index in [1.165, 1.54) is 37.5 Å². The molecule has 1 aromatic rings. The van der Waals surface area contributed by atoms with Gasteiger partial charge in [0, 0.05) is 3.92 Å². The van der Waals surface area contributed by atoms with Crippen LogP contribution in [-0.4, -0.2) is 17.0 Å². The minimum absolute atomic E-state index is 0.222. The summed E-state index contributed by atoms with van der Waals surface area (Å²) in [5, 5.41) is 0. The average Bonchev–Trinajstić information content (AvgIpc) is 2.88. The molecule has 90 valence electrons. The van der Waals surface area contributed by atoms with Gasteiger partial charge < -0.3 is 4.74 Å². The largest absolute Gasteiger partial charge is 0.465 e. The smallest absolute Gasteiger partial charge is 0.337 e. The topological polar surface area (TPSA) is 26.3 Å². The van der Waals surface area contributed by atoms with Gasteiger partial charge >= 0.3 is 5.97 Å². The Morgan fingerprint density at radius 1 is 1.41 bits per heavy atom. The molecule has 0 aromatic heterocycles. The molecule has 0 heterocycles. The van der Waals surface area contributed by atoms with E-state index in [2.05, 4.69) is 34.7 Å². The molecule has 0 radical (unpaired) electrons. The standard InChI is InChI=1S/C14H15IO2/c1-17-14(16)9-3-2-8-6-12-10(11(8)7-9)4-5-13(12)15/h2-3,7,10,12-13H,4-6H2,1H3. The molecule has 0 spiro atoms. The number of ether oxygens (including phenoxy) is 1. The van der Waals surface area contributed by atoms with Crippen molar-refractivity contribution in [2.24, 2.45) is 5.92 Å². The summed E-state index contributed by atoms with van der Waals surface area (Å²) in [6, 6.07) is 6.07. The highest BCUT2D eigenvalue weighted by atomic mass is 127. The van der Waals surface area contributed by atoms with Crippen molar-refractivity contribution >= 4 is 28.6 Å². The number of benzene rings is 1. The van der Waals surface area contributed by atoms with Crippen LogP contribution in [0, 0.1) is 5.92 Å². The second-order valence-electron chi connectivity index (χ2n) is 4.97. The highest BCUT2D eigenvalue weighted by molar-refractivity contribution is 14.1. The Morgan fingerprint density at radius 3 is 3.00 bits per heavy atom. The predicted molar refractivity (Wildman–Crippen MR) is 74.8 cm³/mol. The Balaban J connectivity index is 1.98. The molecule has 3 rings (SSSR count). The van der Waals surface area contributed by atoms with E-state index in [0.29, 0.717) is 11.5 Å². The van der Waals surface area contributed by atoms with Gasteiger partial charge in [-0.05, 0) is 54.4 Å². The van der Waals surface area contributed by atoms with Crippen molar-refractivity contribution < 1.29 is 9.53 Å². The van der Waals surface area contributed by atoms with Crippen LogP contribution in [0.3, 0.4) is 0 Å². The number of halogens is 1. The third-order valence-corrected chi connectivity index (χ3v) is 5.70. The fraction of sp³-hybridized carbons (Fsp3) is 0.500. The molecule has 1 fully saturated rings. The lowest BCUT2D eigenvalue weighted by atomic mass is 9.95. The van der Waals surface area contributed by atoms with Crippen LogP contribution in [0.15, 0.2) is 18.2 Å². The number of hydrogen-bond acceptors (Lipinski definition) is 2. The predicted octanol–water partition coefficient (Wildman–Crippen LogP) is 3.33. The van der Waals surface area contributed by atoms with E-state index in [0.717, 1.165) is 9.84 Å². The zero-order valence-electron chi connectivity index (χ0n) is 9.78. The number of methoxy groups -OCH3 is 1. The van der Waals surface area contributed by atoms with Gasteiger partial charge in [-0.2, -0.15) is 0 Å². The summed E-state index contributed by atoms with van der Waals surface area (Å²) >= 11 is 2.59. The van der Waals surface area contributed by atoms with Crippen molar-refractivity contribution in [2.75, 3.05) is 7.11 Å². The first kappa shape index (κ1) is 11.5. The number of carbonyl (C=O) groups is 1. The van der Waals surface area contributed by atoms with Crippen molar-refractivity contribution in [3.63, 3.8) is 0 Å². The molecule has 17 heavy (non-hydrogen) atoms. The Bertz CT molecular complexity index is 469. The fourth-order valence-corrected chi connectivity index (χ4v) is 4.42. The number of rotatable bonds is 1. The zero-order chi connectivity index (χ0) is 12.0. The lowest BCUT2D eigenvalue weighted by molar-refractivity contribution is 0.0600. The Hall–Kier alpha value is -0.580. The second-order valence-corrected chi connectivity index (χ2v) is 6.57. The number of hydrogen-bond donors (Lipinski definition) is 0. The maximum atomic E-state index is 11.5. The Labute approximate surface area is 115 Å². The van der Waals surface area contributed by atoms with E-state index in [1.54, 1.807) is 0 Å². The molecular formula is C14H15IO2. The third kappa shape index (κ3) is 1.79. The molecule has 0 saturated heterocycles. The minimum atomic E-state index is -0.222. The summed E-state index contributed by atoms with van der Waals surface area (Å²) in [4.78, 5) is 11.5. The molecule has 3 unspecified atom stereocenters. The molecule has 1 saturated carbocycles. The maximum absolute atomic E-state index is 11.5. The molecule has 0 aliphatic heterocycles. The highest BCUT2D eigenvalue weighted by Crippen LogP contribution is 2.51. The van der Waals surface area contributed by atoms with Gasteiger partial charge in [0.1, 0.15) is 0 Å². The van der Waals surface area contributed by atoms with Gasteiger partial charge in [0.25, 0.3) is 0 Å². The van der Waals surface area contributed by atoms with Crippen LogP contribution in [0.2, 0.25) is 0 Å². The number of alkyl halides is 1. The summed E-state index contributed by atoms with van der Waals surface area (Å²) in [6.07, 6.45) is 3.78. The molecule has 2 nitrogen and oxygen atoms in total. The van der Waals surface area contributed by atoms with Crippen LogP contribution in [0.5, 0.6) is 0 Å². The fourth-order valence-electron chi connectivity index (χ4n) is 3.30. The van der Waals surface area contributed by atoms with Gasteiger partial charge in [0.05, 0.1) is 12.7 Å². The van der Waals surface area contributed by atoms with Gasteiger partial charge in [-0.25, -0.2) is 4.79 Å². The summed E-state index contributed by atoms with van der Waals surface area (Å²) in [7, 11) is 1.44. The molecule has 0 amide bonds. The summed E-state index contributed by atoms with van der Waals surface area (Å²) in [5.74, 6) is 1.25. The molecule has 0 bridgehead atoms. The minimum Gasteiger partial charge on any atom is -0.465 e. The second kappa shape index (κ2) is 4.26. The first-order chi connectivity index (χ1) is 8.20. The highest BCUT2D eigenvalue weighted by Gasteiger charge is 2.41. The van der Waals surface area contributed by atoms with Crippen LogP contribution in [0.1, 0.15) is 40.2 Å². The number of fused-ring (bicyclic) bond motifs is 3. The third-order valence-electron chi connectivity index (χ3n) is 4.16. The van der Waals surface area contributed by atoms with E-state index >= 15 is 0 Å². The van der Waals surface area contributed by atoms with Gasteiger partial charge in [0.2, 0.25) is 0 Å². The van der Waals surface area contributed by atoms with E-state index in [9.17, 15) is 4.79 Å². The van der Waals surface area contributed by atoms with E-state index in [-0.39, 0.29) is 5.97 Å². The lowest BCUT2D eigenvalue weighted by Gasteiger charge is -2.12. The molecule has 2 aliphatic rings. The van der Waals surface area contributed by atoms with Gasteiger partial charge in [0.15, 0.2) is 0 Å². The molecule has 0 N–H and O–H groups in total. The Kier molecular flexibility index (Phi) is 2.89. The van der Waals surface area contributed by atoms with Crippen molar-refractivity contribution in [3.8, 4) is 0 Å². The lowest BCUT2D eigenvalue weighted by Crippen LogP contribution is -2.08. The molecular weight excluding hydrogens is 327 g/mol. The van der Waals surface area contributed by atoms with Crippen molar-refractivity contribution in [2.45, 2.75) is 29.1 Å². The van der Waals surface area contributed by atoms with Crippen molar-refractivity contribution in [1.29, 1.82) is 0 Å². The quantitative estimate of drug-likeness (QED) is 0.445. The van der Waals surface area contributed by atoms with Crippen LogP contribution in [-0.2, 0) is 11.2 Å². The molecule has 1 aromatic carbocycles. The average molecular weight is 342 g/mol. The van der Waals surface area contributed by atoms with E-state index in [4.69, 9.17) is 4.74 Å². The molecule has 3 atom stereocenters. The number of esters is 1. The van der Waals surface area contributed by atoms with Crippen molar-refractivity contribution in [3.05, 3.63) is 34.9 Å². The van der Waals surface area contributed by atoms with Crippen LogP contribution >= 0.6 is 22.6 Å². The zero-order valence-corrected chi connectivity index (χ0v) is 11.9. The maximum Gasteiger partial charge on any atom is 0.337 e.